The molecular formula is C15H18BrNO6S. The lowest BCUT2D eigenvalue weighted by molar-refractivity contribution is -0.149. The Morgan fingerprint density at radius 2 is 2.21 bits per heavy atom. The summed E-state index contributed by atoms with van der Waals surface area (Å²) in [5.41, 5.74) is 0. The van der Waals surface area contributed by atoms with E-state index >= 15 is 0 Å². The number of sulfone groups is 1. The van der Waals surface area contributed by atoms with Crippen LogP contribution in [0.3, 0.4) is 0 Å². The molecule has 0 radical (unpaired) electrons. The Morgan fingerprint density at radius 3 is 2.75 bits per heavy atom. The van der Waals surface area contributed by atoms with Gasteiger partial charge in [0.2, 0.25) is 0 Å². The number of hydrogen-bond acceptors (Lipinski definition) is 6. The first-order valence-corrected chi connectivity index (χ1v) is 10.0. The molecule has 1 fully saturated rings. The van der Waals surface area contributed by atoms with Gasteiger partial charge in [-0.3, -0.25) is 4.79 Å². The first kappa shape index (κ1) is 18.7. The molecule has 2 rings (SSSR count). The van der Waals surface area contributed by atoms with Gasteiger partial charge in [-0.2, -0.15) is 0 Å². The maximum absolute atomic E-state index is 12.2. The zero-order chi connectivity index (χ0) is 17.7. The van der Waals surface area contributed by atoms with Crippen LogP contribution in [0.5, 0.6) is 0 Å². The second kappa shape index (κ2) is 7.98. The van der Waals surface area contributed by atoms with Gasteiger partial charge < -0.3 is 14.1 Å². The maximum Gasteiger partial charge on any atom is 0.331 e. The van der Waals surface area contributed by atoms with Crippen molar-refractivity contribution >= 4 is 43.7 Å². The number of esters is 1. The molecule has 24 heavy (non-hydrogen) atoms. The third kappa shape index (κ3) is 5.20. The van der Waals surface area contributed by atoms with Crippen molar-refractivity contribution in [2.45, 2.75) is 19.4 Å². The lowest BCUT2D eigenvalue weighted by Gasteiger charge is -2.26. The molecule has 1 aliphatic heterocycles. The standard InChI is InChI=1S/C15H18BrNO6S/c1-2-17(11-7-8-24(20,21)10-11)14(18)9-22-15(19)6-4-12-3-5-13(16)23-12/h3-6,11H,2,7-10H2,1H3. The van der Waals surface area contributed by atoms with Crippen molar-refractivity contribution in [1.82, 2.24) is 4.90 Å². The van der Waals surface area contributed by atoms with E-state index in [1.54, 1.807) is 19.1 Å². The highest BCUT2D eigenvalue weighted by molar-refractivity contribution is 9.10. The largest absolute Gasteiger partial charge is 0.452 e. The summed E-state index contributed by atoms with van der Waals surface area (Å²) >= 11 is 3.14. The Hall–Kier alpha value is -1.61. The SMILES string of the molecule is CCN(C(=O)COC(=O)C=Cc1ccc(Br)o1)C1CCS(=O)(=O)C1. The van der Waals surface area contributed by atoms with Crippen LogP contribution in [-0.4, -0.2) is 55.9 Å². The Balaban J connectivity index is 1.84. The van der Waals surface area contributed by atoms with E-state index in [1.165, 1.54) is 11.0 Å². The van der Waals surface area contributed by atoms with Crippen molar-refractivity contribution in [2.24, 2.45) is 0 Å². The van der Waals surface area contributed by atoms with Crippen LogP contribution in [0, 0.1) is 0 Å². The van der Waals surface area contributed by atoms with E-state index in [1.807, 2.05) is 0 Å². The first-order chi connectivity index (χ1) is 11.3. The van der Waals surface area contributed by atoms with Gasteiger partial charge in [-0.25, -0.2) is 13.2 Å². The van der Waals surface area contributed by atoms with E-state index in [4.69, 9.17) is 9.15 Å². The zero-order valence-corrected chi connectivity index (χ0v) is 15.5. The maximum atomic E-state index is 12.2. The molecule has 0 aromatic carbocycles. The van der Waals surface area contributed by atoms with Gasteiger partial charge in [-0.05, 0) is 47.5 Å². The molecule has 1 aromatic heterocycles. The highest BCUT2D eigenvalue weighted by Crippen LogP contribution is 2.18. The molecule has 1 unspecified atom stereocenters. The Labute approximate surface area is 148 Å². The Bertz CT molecular complexity index is 739. The van der Waals surface area contributed by atoms with Gasteiger partial charge >= 0.3 is 5.97 Å². The van der Waals surface area contributed by atoms with Crippen molar-refractivity contribution in [3.63, 3.8) is 0 Å². The number of furan rings is 1. The monoisotopic (exact) mass is 419 g/mol. The minimum atomic E-state index is -3.08. The summed E-state index contributed by atoms with van der Waals surface area (Å²) < 4.78 is 33.7. The average molecular weight is 420 g/mol. The molecule has 0 saturated carbocycles. The predicted molar refractivity (Wildman–Crippen MR) is 90.8 cm³/mol. The molecule has 0 N–H and O–H groups in total. The molecule has 0 aliphatic carbocycles. The molecule has 2 heterocycles. The van der Waals surface area contributed by atoms with E-state index in [0.717, 1.165) is 6.08 Å². The van der Waals surface area contributed by atoms with Gasteiger partial charge in [-0.15, -0.1) is 0 Å². The van der Waals surface area contributed by atoms with Gasteiger partial charge in [0.1, 0.15) is 5.76 Å². The van der Waals surface area contributed by atoms with Crippen molar-refractivity contribution in [1.29, 1.82) is 0 Å². The number of ether oxygens (including phenoxy) is 1. The highest BCUT2D eigenvalue weighted by atomic mass is 79.9. The van der Waals surface area contributed by atoms with Gasteiger partial charge in [-0.1, -0.05) is 0 Å². The van der Waals surface area contributed by atoms with Gasteiger partial charge in [0.25, 0.3) is 5.91 Å². The van der Waals surface area contributed by atoms with Crippen molar-refractivity contribution in [3.05, 3.63) is 28.6 Å². The minimum Gasteiger partial charge on any atom is -0.452 e. The molecule has 9 heteroatoms. The Kier molecular flexibility index (Phi) is 6.22. The number of carbonyl (C=O) groups is 2. The quantitative estimate of drug-likeness (QED) is 0.513. The minimum absolute atomic E-state index is 0.0339. The molecule has 7 nitrogen and oxygen atoms in total. The average Bonchev–Trinajstić information content (AvgIpc) is 3.09. The summed E-state index contributed by atoms with van der Waals surface area (Å²) in [7, 11) is -3.08. The summed E-state index contributed by atoms with van der Waals surface area (Å²) in [5, 5.41) is 0. The van der Waals surface area contributed by atoms with Crippen LogP contribution in [0.25, 0.3) is 6.08 Å². The fraction of sp³-hybridized carbons (Fsp3) is 0.467. The predicted octanol–water partition coefficient (Wildman–Crippen LogP) is 1.63. The van der Waals surface area contributed by atoms with E-state index in [2.05, 4.69) is 15.9 Å². The number of amides is 1. The molecule has 1 atom stereocenters. The lowest BCUT2D eigenvalue weighted by atomic mass is 10.2. The second-order valence-corrected chi connectivity index (χ2v) is 8.33. The van der Waals surface area contributed by atoms with E-state index < -0.39 is 28.3 Å². The molecule has 0 bridgehead atoms. The van der Waals surface area contributed by atoms with Crippen molar-refractivity contribution in [3.8, 4) is 0 Å². The van der Waals surface area contributed by atoms with Gasteiger partial charge in [0.05, 0.1) is 11.5 Å². The molecule has 0 spiro atoms. The Morgan fingerprint density at radius 1 is 1.46 bits per heavy atom. The highest BCUT2D eigenvalue weighted by Gasteiger charge is 2.34. The molecule has 1 aromatic rings. The summed E-state index contributed by atoms with van der Waals surface area (Å²) in [6, 6.07) is 3.00. The smallest absolute Gasteiger partial charge is 0.331 e. The molecule has 1 aliphatic rings. The summed E-state index contributed by atoms with van der Waals surface area (Å²) in [5.74, 6) is -0.555. The van der Waals surface area contributed by atoms with E-state index in [9.17, 15) is 18.0 Å². The van der Waals surface area contributed by atoms with E-state index in [0.29, 0.717) is 23.4 Å². The summed E-state index contributed by atoms with van der Waals surface area (Å²) in [6.07, 6.45) is 3.01. The number of halogens is 1. The van der Waals surface area contributed by atoms with Crippen LogP contribution in [0.2, 0.25) is 0 Å². The number of carbonyl (C=O) groups excluding carboxylic acids is 2. The van der Waals surface area contributed by atoms with Gasteiger partial charge in [0.15, 0.2) is 21.1 Å². The molecule has 132 valence electrons. The van der Waals surface area contributed by atoms with Crippen LogP contribution in [0.4, 0.5) is 0 Å². The van der Waals surface area contributed by atoms with Crippen LogP contribution < -0.4 is 0 Å². The summed E-state index contributed by atoms with van der Waals surface area (Å²) in [4.78, 5) is 25.2. The van der Waals surface area contributed by atoms with Crippen LogP contribution in [0.1, 0.15) is 19.1 Å². The molecular weight excluding hydrogens is 402 g/mol. The van der Waals surface area contributed by atoms with E-state index in [-0.39, 0.29) is 17.5 Å². The fourth-order valence-electron chi connectivity index (χ4n) is 2.49. The first-order valence-electron chi connectivity index (χ1n) is 7.41. The third-order valence-electron chi connectivity index (χ3n) is 3.63. The second-order valence-electron chi connectivity index (χ2n) is 5.32. The number of nitrogens with zero attached hydrogens (tertiary/aromatic N) is 1. The number of rotatable bonds is 6. The fourth-order valence-corrected chi connectivity index (χ4v) is 4.54. The zero-order valence-electron chi connectivity index (χ0n) is 13.1. The van der Waals surface area contributed by atoms with Crippen molar-refractivity contribution < 1.29 is 27.2 Å². The molecule has 1 amide bonds. The van der Waals surface area contributed by atoms with Crippen LogP contribution in [0.15, 0.2) is 27.3 Å². The van der Waals surface area contributed by atoms with Crippen LogP contribution in [-0.2, 0) is 24.2 Å². The number of hydrogen-bond donors (Lipinski definition) is 0. The van der Waals surface area contributed by atoms with Crippen molar-refractivity contribution in [2.75, 3.05) is 24.7 Å². The topological polar surface area (TPSA) is 93.9 Å². The number of likely N-dealkylation sites (N-methyl/N-ethyl adjacent to an activating group) is 1. The normalized spacial score (nSPS) is 19.5. The molecule has 1 saturated heterocycles. The summed E-state index contributed by atoms with van der Waals surface area (Å²) in [6.45, 7) is 1.71. The van der Waals surface area contributed by atoms with Crippen LogP contribution >= 0.6 is 15.9 Å². The van der Waals surface area contributed by atoms with Gasteiger partial charge in [0, 0.05) is 18.7 Å². The lowest BCUT2D eigenvalue weighted by Crippen LogP contribution is -2.43. The third-order valence-corrected chi connectivity index (χ3v) is 5.80.